The van der Waals surface area contributed by atoms with Crippen LogP contribution in [0, 0.1) is 0 Å². The van der Waals surface area contributed by atoms with E-state index in [0.29, 0.717) is 0 Å². The topological polar surface area (TPSA) is 45.7 Å². The smallest absolute Gasteiger partial charge is 0.191 e. The highest BCUT2D eigenvalue weighted by atomic mass is 127. The summed E-state index contributed by atoms with van der Waals surface area (Å²) in [6, 6.07) is 0. The summed E-state index contributed by atoms with van der Waals surface area (Å²) in [5.41, 5.74) is -0.0455. The van der Waals surface area contributed by atoms with Gasteiger partial charge in [-0.1, -0.05) is 0 Å². The number of guanidine groups is 1. The monoisotopic (exact) mass is 341 g/mol. The van der Waals surface area contributed by atoms with E-state index in [1.807, 2.05) is 0 Å². The summed E-state index contributed by atoms with van der Waals surface area (Å²) in [6.07, 6.45) is 2.27. The Balaban J connectivity index is 0.00000225. The van der Waals surface area contributed by atoms with Crippen molar-refractivity contribution in [2.75, 3.05) is 26.2 Å². The van der Waals surface area contributed by atoms with Crippen LogP contribution < -0.4 is 10.6 Å². The molecule has 1 fully saturated rings. The van der Waals surface area contributed by atoms with Gasteiger partial charge < -0.3 is 15.4 Å². The van der Waals surface area contributed by atoms with E-state index in [1.54, 1.807) is 0 Å². The molecule has 5 heteroatoms. The molecule has 2 N–H and O–H groups in total. The van der Waals surface area contributed by atoms with Crippen LogP contribution in [0.25, 0.3) is 0 Å². The van der Waals surface area contributed by atoms with Crippen LogP contribution in [-0.4, -0.2) is 37.8 Å². The minimum atomic E-state index is -0.0455. The molecule has 1 heterocycles. The van der Waals surface area contributed by atoms with Crippen molar-refractivity contribution in [1.82, 2.24) is 10.6 Å². The van der Waals surface area contributed by atoms with Crippen molar-refractivity contribution in [3.05, 3.63) is 0 Å². The molecule has 1 aliphatic heterocycles. The summed E-state index contributed by atoms with van der Waals surface area (Å²) in [7, 11) is 0. The number of nitrogens with one attached hydrogen (secondary N) is 2. The van der Waals surface area contributed by atoms with E-state index in [9.17, 15) is 0 Å². The van der Waals surface area contributed by atoms with Crippen LogP contribution in [0.5, 0.6) is 0 Å². The van der Waals surface area contributed by atoms with Crippen LogP contribution >= 0.6 is 24.0 Å². The first kappa shape index (κ1) is 16.0. The second kappa shape index (κ2) is 8.11. The zero-order valence-electron chi connectivity index (χ0n) is 10.5. The van der Waals surface area contributed by atoms with Crippen molar-refractivity contribution < 1.29 is 4.74 Å². The lowest BCUT2D eigenvalue weighted by atomic mass is 10.0. The number of aliphatic imine (C=N–C) groups is 1. The van der Waals surface area contributed by atoms with E-state index in [4.69, 9.17) is 4.74 Å². The summed E-state index contributed by atoms with van der Waals surface area (Å²) in [6.45, 7) is 9.68. The van der Waals surface area contributed by atoms with E-state index < -0.39 is 0 Å². The zero-order chi connectivity index (χ0) is 11.1. The van der Waals surface area contributed by atoms with E-state index in [-0.39, 0.29) is 29.6 Å². The molecule has 0 amide bonds. The van der Waals surface area contributed by atoms with Gasteiger partial charge in [0.1, 0.15) is 0 Å². The van der Waals surface area contributed by atoms with Crippen LogP contribution in [0.1, 0.15) is 33.6 Å². The van der Waals surface area contributed by atoms with Gasteiger partial charge in [0.15, 0.2) is 5.96 Å². The molecule has 0 aromatic carbocycles. The molecule has 1 atom stereocenters. The highest BCUT2D eigenvalue weighted by Gasteiger charge is 2.29. The first-order valence-electron chi connectivity index (χ1n) is 5.86. The number of hydrogen-bond acceptors (Lipinski definition) is 2. The molecule has 1 unspecified atom stereocenters. The fourth-order valence-electron chi connectivity index (χ4n) is 1.72. The van der Waals surface area contributed by atoms with E-state index >= 15 is 0 Å². The highest BCUT2D eigenvalue weighted by Crippen LogP contribution is 2.24. The predicted octanol–water partition coefficient (Wildman–Crippen LogP) is 1.75. The Hall–Kier alpha value is -0.0400. The van der Waals surface area contributed by atoms with Gasteiger partial charge in [0.2, 0.25) is 0 Å². The SMILES string of the molecule is CCNC(=NCC1(C)CCCO1)NCC.I. The Kier molecular flexibility index (Phi) is 8.09. The van der Waals surface area contributed by atoms with Crippen molar-refractivity contribution in [1.29, 1.82) is 0 Å². The van der Waals surface area contributed by atoms with Gasteiger partial charge in [-0.15, -0.1) is 24.0 Å². The number of nitrogens with zero attached hydrogens (tertiary/aromatic N) is 1. The van der Waals surface area contributed by atoms with Crippen LogP contribution in [0.4, 0.5) is 0 Å². The molecule has 1 saturated heterocycles. The third-order valence-electron chi connectivity index (χ3n) is 2.56. The highest BCUT2D eigenvalue weighted by molar-refractivity contribution is 14.0. The van der Waals surface area contributed by atoms with Crippen molar-refractivity contribution in [2.45, 2.75) is 39.2 Å². The average molecular weight is 341 g/mol. The average Bonchev–Trinajstić information content (AvgIpc) is 2.63. The van der Waals surface area contributed by atoms with Crippen molar-refractivity contribution >= 4 is 29.9 Å². The Morgan fingerprint density at radius 3 is 2.38 bits per heavy atom. The van der Waals surface area contributed by atoms with E-state index in [1.165, 1.54) is 0 Å². The Morgan fingerprint density at radius 2 is 1.94 bits per heavy atom. The molecule has 1 aliphatic rings. The molecule has 0 spiro atoms. The third kappa shape index (κ3) is 5.34. The molecule has 0 radical (unpaired) electrons. The normalized spacial score (nSPS) is 23.4. The van der Waals surface area contributed by atoms with Gasteiger partial charge in [-0.2, -0.15) is 0 Å². The summed E-state index contributed by atoms with van der Waals surface area (Å²) in [5, 5.41) is 6.42. The van der Waals surface area contributed by atoms with Crippen LogP contribution in [0.2, 0.25) is 0 Å². The lowest BCUT2D eigenvalue weighted by Gasteiger charge is -2.21. The minimum absolute atomic E-state index is 0. The van der Waals surface area contributed by atoms with Crippen LogP contribution in [-0.2, 0) is 4.74 Å². The number of rotatable bonds is 4. The lowest BCUT2D eigenvalue weighted by Crippen LogP contribution is -2.39. The Bertz CT molecular complexity index is 207. The minimum Gasteiger partial charge on any atom is -0.373 e. The fourth-order valence-corrected chi connectivity index (χ4v) is 1.72. The standard InChI is InChI=1S/C11H23N3O.HI/c1-4-12-10(13-5-2)14-9-11(3)7-6-8-15-11;/h4-9H2,1-3H3,(H2,12,13,14);1H. The van der Waals surface area contributed by atoms with Gasteiger partial charge in [-0.05, 0) is 33.6 Å². The molecule has 96 valence electrons. The van der Waals surface area contributed by atoms with E-state index in [0.717, 1.165) is 45.0 Å². The maximum atomic E-state index is 5.68. The Labute approximate surface area is 116 Å². The van der Waals surface area contributed by atoms with E-state index in [2.05, 4.69) is 36.4 Å². The molecule has 0 saturated carbocycles. The van der Waals surface area contributed by atoms with Crippen molar-refractivity contribution in [3.8, 4) is 0 Å². The van der Waals surface area contributed by atoms with Gasteiger partial charge in [-0.3, -0.25) is 4.99 Å². The third-order valence-corrected chi connectivity index (χ3v) is 2.56. The Morgan fingerprint density at radius 1 is 1.31 bits per heavy atom. The molecule has 16 heavy (non-hydrogen) atoms. The quantitative estimate of drug-likeness (QED) is 0.465. The number of halogens is 1. The first-order chi connectivity index (χ1) is 7.20. The molecular formula is C11H24IN3O. The van der Waals surface area contributed by atoms with Crippen LogP contribution in [0.3, 0.4) is 0 Å². The molecule has 0 aliphatic carbocycles. The number of ether oxygens (including phenoxy) is 1. The molecule has 1 rings (SSSR count). The van der Waals surface area contributed by atoms with Gasteiger partial charge in [0, 0.05) is 19.7 Å². The van der Waals surface area contributed by atoms with Crippen molar-refractivity contribution in [3.63, 3.8) is 0 Å². The maximum absolute atomic E-state index is 5.68. The second-order valence-electron chi connectivity index (χ2n) is 4.13. The molecular weight excluding hydrogens is 317 g/mol. The lowest BCUT2D eigenvalue weighted by molar-refractivity contribution is 0.0283. The zero-order valence-corrected chi connectivity index (χ0v) is 12.8. The fraction of sp³-hybridized carbons (Fsp3) is 0.909. The van der Waals surface area contributed by atoms with Gasteiger partial charge >= 0.3 is 0 Å². The first-order valence-corrected chi connectivity index (χ1v) is 5.86. The molecule has 0 aromatic heterocycles. The van der Waals surface area contributed by atoms with Crippen molar-refractivity contribution in [2.24, 2.45) is 4.99 Å². The van der Waals surface area contributed by atoms with Gasteiger partial charge in [0.25, 0.3) is 0 Å². The van der Waals surface area contributed by atoms with Gasteiger partial charge in [0.05, 0.1) is 12.1 Å². The summed E-state index contributed by atoms with van der Waals surface area (Å²) < 4.78 is 5.68. The number of hydrogen-bond donors (Lipinski definition) is 2. The molecule has 0 bridgehead atoms. The van der Waals surface area contributed by atoms with Gasteiger partial charge in [-0.25, -0.2) is 0 Å². The van der Waals surface area contributed by atoms with Crippen LogP contribution in [0.15, 0.2) is 4.99 Å². The molecule has 0 aromatic rings. The predicted molar refractivity (Wildman–Crippen MR) is 78.7 cm³/mol. The summed E-state index contributed by atoms with van der Waals surface area (Å²) in [5.74, 6) is 0.886. The summed E-state index contributed by atoms with van der Waals surface area (Å²) in [4.78, 5) is 4.53. The summed E-state index contributed by atoms with van der Waals surface area (Å²) >= 11 is 0. The largest absolute Gasteiger partial charge is 0.373 e. The second-order valence-corrected chi connectivity index (χ2v) is 4.13. The maximum Gasteiger partial charge on any atom is 0.191 e. The molecule has 4 nitrogen and oxygen atoms in total.